The van der Waals surface area contributed by atoms with Crippen molar-refractivity contribution in [2.45, 2.75) is 4.90 Å². The third kappa shape index (κ3) is 6.23. The van der Waals surface area contributed by atoms with E-state index in [-0.39, 0.29) is 33.3 Å². The van der Waals surface area contributed by atoms with Crippen LogP contribution >= 0.6 is 15.9 Å². The van der Waals surface area contributed by atoms with Crippen molar-refractivity contribution in [3.8, 4) is 17.6 Å². The third-order valence-corrected chi connectivity index (χ3v) is 6.25. The molecule has 0 aromatic heterocycles. The Bertz CT molecular complexity index is 1470. The van der Waals surface area contributed by atoms with Gasteiger partial charge < -0.3 is 14.2 Å². The van der Waals surface area contributed by atoms with Crippen molar-refractivity contribution in [2.24, 2.45) is 0 Å². The second-order valence-corrected chi connectivity index (χ2v) is 9.26. The van der Waals surface area contributed by atoms with Gasteiger partial charge in [0.15, 0.2) is 0 Å². The van der Waals surface area contributed by atoms with Crippen LogP contribution in [0.25, 0.3) is 6.08 Å². The summed E-state index contributed by atoms with van der Waals surface area (Å²) in [5.74, 6) is -0.879. The highest BCUT2D eigenvalue weighted by molar-refractivity contribution is 9.10. The van der Waals surface area contributed by atoms with Crippen LogP contribution < -0.4 is 14.2 Å². The molecular weight excluding hydrogens is 542 g/mol. The van der Waals surface area contributed by atoms with Crippen molar-refractivity contribution in [2.75, 3.05) is 12.4 Å². The lowest BCUT2D eigenvalue weighted by molar-refractivity contribution is -0.384. The van der Waals surface area contributed by atoms with E-state index in [9.17, 15) is 28.6 Å². The number of carbonyl (C=O) groups is 1. The zero-order valence-electron chi connectivity index (χ0n) is 18.0. The standard InChI is InChI=1S/C23H16BrN3O7S/c1-33-22-10-8-18(27(29)30)13-20(22)26-23(28)16(14-25)11-15-12-17(24)7-9-21(15)34-35(31,32)19-5-3-2-4-6-19/h2-13H,1H3,(H,26,28)/b16-11+. The molecule has 3 aromatic rings. The monoisotopic (exact) mass is 557 g/mol. The molecule has 35 heavy (non-hydrogen) atoms. The largest absolute Gasteiger partial charge is 0.495 e. The molecular formula is C23H16BrN3O7S. The maximum atomic E-state index is 12.8. The molecule has 0 saturated carbocycles. The van der Waals surface area contributed by atoms with Gasteiger partial charge in [0.05, 0.1) is 17.7 Å². The molecule has 0 aliphatic rings. The minimum absolute atomic E-state index is 0.0229. The van der Waals surface area contributed by atoms with Crippen molar-refractivity contribution >= 4 is 49.4 Å². The van der Waals surface area contributed by atoms with Gasteiger partial charge in [0.25, 0.3) is 11.6 Å². The molecule has 0 heterocycles. The average molecular weight is 558 g/mol. The number of anilines is 1. The minimum atomic E-state index is -4.19. The molecule has 0 fully saturated rings. The van der Waals surface area contributed by atoms with E-state index < -0.39 is 26.5 Å². The number of nitriles is 1. The van der Waals surface area contributed by atoms with Gasteiger partial charge in [-0.3, -0.25) is 14.9 Å². The lowest BCUT2D eigenvalue weighted by Crippen LogP contribution is -2.14. The molecule has 0 atom stereocenters. The van der Waals surface area contributed by atoms with Gasteiger partial charge in [-0.15, -0.1) is 0 Å². The van der Waals surface area contributed by atoms with Gasteiger partial charge in [0.1, 0.15) is 28.0 Å². The Balaban J connectivity index is 1.97. The smallest absolute Gasteiger partial charge is 0.339 e. The summed E-state index contributed by atoms with van der Waals surface area (Å²) in [6.07, 6.45) is 1.14. The Morgan fingerprint density at radius 2 is 1.80 bits per heavy atom. The van der Waals surface area contributed by atoms with Gasteiger partial charge in [-0.05, 0) is 42.5 Å². The average Bonchev–Trinajstić information content (AvgIpc) is 2.84. The molecule has 10 nitrogen and oxygen atoms in total. The number of hydrogen-bond donors (Lipinski definition) is 1. The molecule has 0 unspecified atom stereocenters. The lowest BCUT2D eigenvalue weighted by Gasteiger charge is -2.11. The summed E-state index contributed by atoms with van der Waals surface area (Å²) in [5.41, 5.74) is -0.613. The molecule has 0 bridgehead atoms. The van der Waals surface area contributed by atoms with Crippen LogP contribution in [0.15, 0.2) is 81.7 Å². The fourth-order valence-electron chi connectivity index (χ4n) is 2.86. The number of rotatable bonds is 8. The number of nitrogens with zero attached hydrogens (tertiary/aromatic N) is 2. The predicted octanol–water partition coefficient (Wildman–Crippen LogP) is 4.68. The molecule has 3 rings (SSSR count). The second-order valence-electron chi connectivity index (χ2n) is 6.80. The number of ether oxygens (including phenoxy) is 1. The topological polar surface area (TPSA) is 149 Å². The van der Waals surface area contributed by atoms with E-state index in [2.05, 4.69) is 21.2 Å². The number of amides is 1. The van der Waals surface area contributed by atoms with Crippen LogP contribution in [-0.4, -0.2) is 26.4 Å². The van der Waals surface area contributed by atoms with Crippen molar-refractivity contribution in [1.29, 1.82) is 5.26 Å². The zero-order chi connectivity index (χ0) is 25.6. The van der Waals surface area contributed by atoms with Gasteiger partial charge in [-0.2, -0.15) is 13.7 Å². The van der Waals surface area contributed by atoms with Crippen LogP contribution in [0.1, 0.15) is 5.56 Å². The first-order valence-corrected chi connectivity index (χ1v) is 11.9. The fourth-order valence-corrected chi connectivity index (χ4v) is 4.22. The first-order valence-electron chi connectivity index (χ1n) is 9.69. The number of nitro benzene ring substituents is 1. The van der Waals surface area contributed by atoms with Crippen molar-refractivity contribution in [1.82, 2.24) is 0 Å². The van der Waals surface area contributed by atoms with Crippen LogP contribution in [0.2, 0.25) is 0 Å². The summed E-state index contributed by atoms with van der Waals surface area (Å²) in [5, 5.41) is 23.1. The third-order valence-electron chi connectivity index (χ3n) is 4.51. The van der Waals surface area contributed by atoms with Gasteiger partial charge in [0, 0.05) is 22.2 Å². The predicted molar refractivity (Wildman–Crippen MR) is 130 cm³/mol. The number of nitrogens with one attached hydrogen (secondary N) is 1. The van der Waals surface area contributed by atoms with Crippen LogP contribution in [0, 0.1) is 21.4 Å². The zero-order valence-corrected chi connectivity index (χ0v) is 20.4. The van der Waals surface area contributed by atoms with Gasteiger partial charge in [0.2, 0.25) is 0 Å². The van der Waals surface area contributed by atoms with Gasteiger partial charge >= 0.3 is 10.1 Å². The molecule has 0 radical (unpaired) electrons. The van der Waals surface area contributed by atoms with Crippen molar-refractivity contribution in [3.05, 3.63) is 92.5 Å². The van der Waals surface area contributed by atoms with E-state index in [1.807, 2.05) is 0 Å². The highest BCUT2D eigenvalue weighted by Gasteiger charge is 2.20. The highest BCUT2D eigenvalue weighted by Crippen LogP contribution is 2.31. The Hall–Kier alpha value is -4.21. The Morgan fingerprint density at radius 3 is 2.43 bits per heavy atom. The molecule has 0 saturated heterocycles. The van der Waals surface area contributed by atoms with Crippen LogP contribution in [0.3, 0.4) is 0 Å². The normalized spacial score (nSPS) is 11.3. The van der Waals surface area contributed by atoms with E-state index in [0.717, 1.165) is 12.1 Å². The van der Waals surface area contributed by atoms with E-state index >= 15 is 0 Å². The maximum absolute atomic E-state index is 12.8. The number of nitro groups is 1. The quantitative estimate of drug-likeness (QED) is 0.138. The Labute approximate surface area is 208 Å². The van der Waals surface area contributed by atoms with Crippen LogP contribution in [0.4, 0.5) is 11.4 Å². The number of non-ortho nitro benzene ring substituents is 1. The summed E-state index contributed by atoms with van der Waals surface area (Å²) in [7, 11) is -2.87. The summed E-state index contributed by atoms with van der Waals surface area (Å²) < 4.78 is 36.2. The molecule has 0 aliphatic heterocycles. The highest BCUT2D eigenvalue weighted by atomic mass is 79.9. The second kappa shape index (κ2) is 10.8. The fraction of sp³-hybridized carbons (Fsp3) is 0.0435. The van der Waals surface area contributed by atoms with Crippen molar-refractivity contribution < 1.29 is 27.1 Å². The molecule has 1 N–H and O–H groups in total. The first kappa shape index (κ1) is 25.4. The minimum Gasteiger partial charge on any atom is -0.495 e. The molecule has 0 spiro atoms. The molecule has 0 aliphatic carbocycles. The van der Waals surface area contributed by atoms with Gasteiger partial charge in [-0.1, -0.05) is 34.1 Å². The van der Waals surface area contributed by atoms with E-state index in [4.69, 9.17) is 8.92 Å². The number of benzene rings is 3. The van der Waals surface area contributed by atoms with Gasteiger partial charge in [-0.25, -0.2) is 0 Å². The lowest BCUT2D eigenvalue weighted by atomic mass is 10.1. The Morgan fingerprint density at radius 1 is 1.11 bits per heavy atom. The summed E-state index contributed by atoms with van der Waals surface area (Å²) in [4.78, 5) is 23.2. The summed E-state index contributed by atoms with van der Waals surface area (Å²) in [6.45, 7) is 0. The summed E-state index contributed by atoms with van der Waals surface area (Å²) in [6, 6.07) is 17.2. The Kier molecular flexibility index (Phi) is 7.85. The van der Waals surface area contributed by atoms with Crippen LogP contribution in [0.5, 0.6) is 11.5 Å². The molecule has 1 amide bonds. The number of methoxy groups -OCH3 is 1. The number of carbonyl (C=O) groups excluding carboxylic acids is 1. The molecule has 12 heteroatoms. The maximum Gasteiger partial charge on any atom is 0.339 e. The number of hydrogen-bond acceptors (Lipinski definition) is 8. The van der Waals surface area contributed by atoms with E-state index in [0.29, 0.717) is 4.47 Å². The number of halogens is 1. The first-order chi connectivity index (χ1) is 16.6. The van der Waals surface area contributed by atoms with E-state index in [1.165, 1.54) is 49.6 Å². The van der Waals surface area contributed by atoms with Crippen molar-refractivity contribution in [3.63, 3.8) is 0 Å². The molecule has 178 valence electrons. The van der Waals surface area contributed by atoms with E-state index in [1.54, 1.807) is 24.3 Å². The molecule has 3 aromatic carbocycles. The van der Waals surface area contributed by atoms with Crippen LogP contribution in [-0.2, 0) is 14.9 Å². The summed E-state index contributed by atoms with van der Waals surface area (Å²) >= 11 is 3.27. The SMILES string of the molecule is COc1ccc([N+](=O)[O-])cc1NC(=O)/C(C#N)=C/c1cc(Br)ccc1OS(=O)(=O)c1ccccc1.